The Morgan fingerprint density at radius 1 is 0.522 bits per heavy atom. The molecule has 0 aliphatic heterocycles. The maximum Gasteiger partial charge on any atom is 0.195 e. The van der Waals surface area contributed by atoms with Gasteiger partial charge in [-0.3, -0.25) is 9.59 Å². The number of ketones is 2. The van der Waals surface area contributed by atoms with E-state index in [-0.39, 0.29) is 11.6 Å². The quantitative estimate of drug-likeness (QED) is 0.506. The second kappa shape index (κ2) is 5.18. The van der Waals surface area contributed by atoms with Gasteiger partial charge in [0.25, 0.3) is 0 Å². The highest BCUT2D eigenvalue weighted by Gasteiger charge is 2.31. The average molecular weight is 319 g/mol. The molecular formula is C20H11ClO2. The molecule has 0 amide bonds. The van der Waals surface area contributed by atoms with Gasteiger partial charge in [0.15, 0.2) is 11.6 Å². The van der Waals surface area contributed by atoms with E-state index in [1.54, 1.807) is 42.5 Å². The minimum Gasteiger partial charge on any atom is -0.289 e. The highest BCUT2D eigenvalue weighted by Crippen LogP contribution is 2.36. The summed E-state index contributed by atoms with van der Waals surface area (Å²) in [6.45, 7) is 0. The first kappa shape index (κ1) is 13.9. The maximum absolute atomic E-state index is 13.0. The third-order valence-electron chi connectivity index (χ3n) is 4.12. The molecule has 0 spiro atoms. The van der Waals surface area contributed by atoms with Crippen molar-refractivity contribution in [3.05, 3.63) is 94.0 Å². The maximum atomic E-state index is 13.0. The van der Waals surface area contributed by atoms with Crippen LogP contribution < -0.4 is 0 Å². The molecule has 4 rings (SSSR count). The lowest BCUT2D eigenvalue weighted by molar-refractivity contribution is 0.0979. The van der Waals surface area contributed by atoms with Crippen LogP contribution in [0.15, 0.2) is 66.7 Å². The van der Waals surface area contributed by atoms with Gasteiger partial charge in [0.05, 0.1) is 0 Å². The van der Waals surface area contributed by atoms with Gasteiger partial charge < -0.3 is 0 Å². The minimum atomic E-state index is -0.134. The van der Waals surface area contributed by atoms with Gasteiger partial charge in [0, 0.05) is 32.8 Å². The first-order valence-electron chi connectivity index (χ1n) is 7.25. The summed E-state index contributed by atoms with van der Waals surface area (Å²) in [7, 11) is 0. The Bertz CT molecular complexity index is 973. The van der Waals surface area contributed by atoms with Gasteiger partial charge in [0.2, 0.25) is 0 Å². The number of hydrogen-bond acceptors (Lipinski definition) is 2. The molecule has 0 bridgehead atoms. The zero-order valence-corrected chi connectivity index (χ0v) is 12.8. The van der Waals surface area contributed by atoms with E-state index in [2.05, 4.69) is 0 Å². The molecule has 0 radical (unpaired) electrons. The summed E-state index contributed by atoms with van der Waals surface area (Å²) in [6, 6.07) is 19.6. The van der Waals surface area contributed by atoms with E-state index in [9.17, 15) is 9.59 Å². The number of carbonyl (C=O) groups is 2. The standard InChI is InChI=1S/C20H11ClO2/c21-17-11-4-3-6-12(17)13-9-5-10-16-18(13)20(23)15-8-2-1-7-14(15)19(16)22/h1-11H. The molecule has 3 aromatic rings. The Morgan fingerprint density at radius 2 is 1.04 bits per heavy atom. The summed E-state index contributed by atoms with van der Waals surface area (Å²) >= 11 is 6.29. The summed E-state index contributed by atoms with van der Waals surface area (Å²) in [4.78, 5) is 25.7. The molecule has 1 aliphatic rings. The average Bonchev–Trinajstić information content (AvgIpc) is 2.59. The van der Waals surface area contributed by atoms with Crippen molar-refractivity contribution in [3.63, 3.8) is 0 Å². The molecule has 0 N–H and O–H groups in total. The van der Waals surface area contributed by atoms with Gasteiger partial charge in [-0.15, -0.1) is 0 Å². The van der Waals surface area contributed by atoms with E-state index in [0.717, 1.165) is 5.56 Å². The highest BCUT2D eigenvalue weighted by molar-refractivity contribution is 6.35. The predicted octanol–water partition coefficient (Wildman–Crippen LogP) is 4.78. The van der Waals surface area contributed by atoms with Gasteiger partial charge in [-0.2, -0.15) is 0 Å². The Kier molecular flexibility index (Phi) is 3.14. The Morgan fingerprint density at radius 3 is 1.74 bits per heavy atom. The molecule has 3 aromatic carbocycles. The predicted molar refractivity (Wildman–Crippen MR) is 90.2 cm³/mol. The third kappa shape index (κ3) is 2.03. The second-order valence-corrected chi connectivity index (χ2v) is 5.82. The summed E-state index contributed by atoms with van der Waals surface area (Å²) in [5.41, 5.74) is 3.23. The van der Waals surface area contributed by atoms with Crippen molar-refractivity contribution in [1.82, 2.24) is 0 Å². The van der Waals surface area contributed by atoms with Crippen LogP contribution in [-0.2, 0) is 0 Å². The molecule has 0 unspecified atom stereocenters. The molecule has 2 nitrogen and oxygen atoms in total. The molecule has 0 saturated heterocycles. The highest BCUT2D eigenvalue weighted by atomic mass is 35.5. The fraction of sp³-hybridized carbons (Fsp3) is 0. The normalized spacial score (nSPS) is 12.7. The molecule has 3 heteroatoms. The summed E-state index contributed by atoms with van der Waals surface area (Å²) < 4.78 is 0. The van der Waals surface area contributed by atoms with E-state index in [4.69, 9.17) is 11.6 Å². The summed E-state index contributed by atoms with van der Waals surface area (Å²) in [5, 5.41) is 0.556. The van der Waals surface area contributed by atoms with Crippen LogP contribution >= 0.6 is 11.6 Å². The number of rotatable bonds is 1. The number of halogens is 1. The van der Waals surface area contributed by atoms with E-state index in [1.807, 2.05) is 24.3 Å². The van der Waals surface area contributed by atoms with Crippen molar-refractivity contribution in [2.75, 3.05) is 0 Å². The van der Waals surface area contributed by atoms with Crippen LogP contribution in [0.5, 0.6) is 0 Å². The SMILES string of the molecule is O=C1c2ccccc2C(=O)c2c1cccc2-c1ccccc1Cl. The monoisotopic (exact) mass is 318 g/mol. The van der Waals surface area contributed by atoms with Crippen molar-refractivity contribution < 1.29 is 9.59 Å². The molecule has 110 valence electrons. The lowest BCUT2D eigenvalue weighted by atomic mass is 9.80. The van der Waals surface area contributed by atoms with Crippen LogP contribution in [0.25, 0.3) is 11.1 Å². The van der Waals surface area contributed by atoms with E-state index < -0.39 is 0 Å². The molecule has 0 fully saturated rings. The zero-order valence-electron chi connectivity index (χ0n) is 12.0. The van der Waals surface area contributed by atoms with Gasteiger partial charge in [-0.25, -0.2) is 0 Å². The van der Waals surface area contributed by atoms with Gasteiger partial charge in [-0.1, -0.05) is 72.3 Å². The fourth-order valence-corrected chi connectivity index (χ4v) is 3.29. The van der Waals surface area contributed by atoms with Crippen LogP contribution in [0.3, 0.4) is 0 Å². The lowest BCUT2D eigenvalue weighted by Crippen LogP contribution is -2.21. The van der Waals surface area contributed by atoms with Crippen molar-refractivity contribution in [2.24, 2.45) is 0 Å². The Hall–Kier alpha value is -2.71. The Balaban J connectivity index is 2.03. The molecular weight excluding hydrogens is 308 g/mol. The van der Waals surface area contributed by atoms with Crippen molar-refractivity contribution in [3.8, 4) is 11.1 Å². The lowest BCUT2D eigenvalue weighted by Gasteiger charge is -2.20. The van der Waals surface area contributed by atoms with Crippen molar-refractivity contribution in [1.29, 1.82) is 0 Å². The van der Waals surface area contributed by atoms with Crippen LogP contribution in [0.1, 0.15) is 31.8 Å². The van der Waals surface area contributed by atoms with Crippen LogP contribution in [0.4, 0.5) is 0 Å². The first-order chi connectivity index (χ1) is 11.2. The Labute approximate surface area is 138 Å². The number of hydrogen-bond donors (Lipinski definition) is 0. The molecule has 0 heterocycles. The molecule has 0 saturated carbocycles. The van der Waals surface area contributed by atoms with Crippen LogP contribution in [-0.4, -0.2) is 11.6 Å². The summed E-state index contributed by atoms with van der Waals surface area (Å²) in [5.74, 6) is -0.255. The van der Waals surface area contributed by atoms with Gasteiger partial charge >= 0.3 is 0 Å². The second-order valence-electron chi connectivity index (χ2n) is 5.41. The third-order valence-corrected chi connectivity index (χ3v) is 4.45. The van der Waals surface area contributed by atoms with E-state index >= 15 is 0 Å². The summed E-state index contributed by atoms with van der Waals surface area (Å²) in [6.07, 6.45) is 0. The smallest absolute Gasteiger partial charge is 0.195 e. The van der Waals surface area contributed by atoms with Gasteiger partial charge in [0.1, 0.15) is 0 Å². The first-order valence-corrected chi connectivity index (χ1v) is 7.62. The molecule has 1 aliphatic carbocycles. The zero-order chi connectivity index (χ0) is 16.0. The number of benzene rings is 3. The van der Waals surface area contributed by atoms with Crippen LogP contribution in [0.2, 0.25) is 5.02 Å². The largest absolute Gasteiger partial charge is 0.289 e. The topological polar surface area (TPSA) is 34.1 Å². The molecule has 0 atom stereocenters. The fourth-order valence-electron chi connectivity index (χ4n) is 3.05. The molecule has 0 aromatic heterocycles. The number of carbonyl (C=O) groups excluding carboxylic acids is 2. The van der Waals surface area contributed by atoms with E-state index in [0.29, 0.717) is 32.8 Å². The van der Waals surface area contributed by atoms with Crippen molar-refractivity contribution in [2.45, 2.75) is 0 Å². The van der Waals surface area contributed by atoms with Crippen molar-refractivity contribution >= 4 is 23.2 Å². The van der Waals surface area contributed by atoms with E-state index in [1.165, 1.54) is 0 Å². The van der Waals surface area contributed by atoms with Gasteiger partial charge in [-0.05, 0) is 11.6 Å². The number of fused-ring (bicyclic) bond motifs is 2. The molecule has 23 heavy (non-hydrogen) atoms. The van der Waals surface area contributed by atoms with Crippen LogP contribution in [0, 0.1) is 0 Å². The minimum absolute atomic E-state index is 0.121.